The van der Waals surface area contributed by atoms with Gasteiger partial charge >= 0.3 is 0 Å². The molecule has 22 heavy (non-hydrogen) atoms. The van der Waals surface area contributed by atoms with Crippen LogP contribution in [0.4, 0.5) is 0 Å². The number of aromatic hydroxyl groups is 1. The second-order valence-corrected chi connectivity index (χ2v) is 6.55. The van der Waals surface area contributed by atoms with Crippen molar-refractivity contribution in [1.29, 1.82) is 0 Å². The first kappa shape index (κ1) is 14.8. The van der Waals surface area contributed by atoms with Crippen LogP contribution in [0.25, 0.3) is 11.4 Å². The van der Waals surface area contributed by atoms with Gasteiger partial charge in [-0.05, 0) is 42.9 Å². The van der Waals surface area contributed by atoms with E-state index in [1.54, 1.807) is 18.2 Å². The third-order valence-corrected chi connectivity index (χ3v) is 4.08. The number of phenols is 1. The van der Waals surface area contributed by atoms with Gasteiger partial charge in [0.15, 0.2) is 11.5 Å². The average molecular weight is 303 g/mol. The topological polar surface area (TPSA) is 94.4 Å². The zero-order valence-electron chi connectivity index (χ0n) is 12.9. The monoisotopic (exact) mass is 303 g/mol. The summed E-state index contributed by atoms with van der Waals surface area (Å²) in [4.78, 5) is 4.18. The van der Waals surface area contributed by atoms with Crippen molar-refractivity contribution in [3.05, 3.63) is 24.1 Å². The lowest BCUT2D eigenvalue weighted by Gasteiger charge is -2.18. The fourth-order valence-corrected chi connectivity index (χ4v) is 2.85. The summed E-state index contributed by atoms with van der Waals surface area (Å²) in [6.07, 6.45) is 3.23. The van der Waals surface area contributed by atoms with E-state index in [2.05, 4.69) is 24.0 Å². The number of phenolic OH excluding ortho intramolecular Hbond substituents is 1. The van der Waals surface area contributed by atoms with E-state index in [1.807, 2.05) is 0 Å². The molecule has 1 atom stereocenters. The quantitative estimate of drug-likeness (QED) is 0.902. The van der Waals surface area contributed by atoms with Gasteiger partial charge in [0.2, 0.25) is 11.7 Å². The van der Waals surface area contributed by atoms with Crippen molar-refractivity contribution in [3.8, 4) is 22.9 Å². The summed E-state index contributed by atoms with van der Waals surface area (Å²) in [5.74, 6) is 1.40. The number of nitrogens with zero attached hydrogens (tertiary/aromatic N) is 2. The Morgan fingerprint density at radius 3 is 2.91 bits per heavy atom. The van der Waals surface area contributed by atoms with Gasteiger partial charge in [-0.3, -0.25) is 0 Å². The zero-order valence-corrected chi connectivity index (χ0v) is 12.9. The van der Waals surface area contributed by atoms with Gasteiger partial charge in [-0.15, -0.1) is 0 Å². The Balaban J connectivity index is 1.81. The molecule has 1 aliphatic carbocycles. The highest BCUT2D eigenvalue weighted by Crippen LogP contribution is 2.40. The van der Waals surface area contributed by atoms with Crippen molar-refractivity contribution in [2.45, 2.75) is 45.8 Å². The minimum absolute atomic E-state index is 0.121. The molecule has 0 bridgehead atoms. The van der Waals surface area contributed by atoms with Gasteiger partial charge in [0, 0.05) is 5.56 Å². The summed E-state index contributed by atoms with van der Waals surface area (Å²) < 4.78 is 11.0. The molecule has 3 rings (SSSR count). The Morgan fingerprint density at radius 1 is 1.45 bits per heavy atom. The van der Waals surface area contributed by atoms with Gasteiger partial charge in [-0.25, -0.2) is 0 Å². The van der Waals surface area contributed by atoms with Crippen molar-refractivity contribution in [2.24, 2.45) is 11.1 Å². The highest BCUT2D eigenvalue weighted by Gasteiger charge is 2.32. The van der Waals surface area contributed by atoms with Crippen molar-refractivity contribution in [3.63, 3.8) is 0 Å². The maximum absolute atomic E-state index is 10.0. The van der Waals surface area contributed by atoms with Crippen molar-refractivity contribution < 1.29 is 14.4 Å². The third kappa shape index (κ3) is 3.06. The van der Waals surface area contributed by atoms with E-state index in [0.717, 1.165) is 24.8 Å². The summed E-state index contributed by atoms with van der Waals surface area (Å²) in [7, 11) is 0. The number of nitrogens with two attached hydrogens (primary N) is 1. The van der Waals surface area contributed by atoms with Gasteiger partial charge in [0.05, 0.1) is 12.6 Å². The summed E-state index contributed by atoms with van der Waals surface area (Å²) in [6, 6.07) is 5.06. The van der Waals surface area contributed by atoms with E-state index >= 15 is 0 Å². The predicted octanol–water partition coefficient (Wildman–Crippen LogP) is 2.86. The van der Waals surface area contributed by atoms with Crippen molar-refractivity contribution >= 4 is 0 Å². The van der Waals surface area contributed by atoms with E-state index < -0.39 is 0 Å². The first-order valence-corrected chi connectivity index (χ1v) is 7.49. The molecule has 1 fully saturated rings. The third-order valence-electron chi connectivity index (χ3n) is 4.08. The summed E-state index contributed by atoms with van der Waals surface area (Å²) in [6.45, 7) is 4.67. The highest BCUT2D eigenvalue weighted by atomic mass is 16.5. The lowest BCUT2D eigenvalue weighted by Crippen LogP contribution is -2.14. The number of hydrogen-bond donors (Lipinski definition) is 2. The molecule has 118 valence electrons. The lowest BCUT2D eigenvalue weighted by atomic mass is 9.92. The Labute approximate surface area is 129 Å². The fourth-order valence-electron chi connectivity index (χ4n) is 2.85. The molecule has 6 heteroatoms. The lowest BCUT2D eigenvalue weighted by molar-refractivity contribution is 0.186. The van der Waals surface area contributed by atoms with E-state index in [9.17, 15) is 5.11 Å². The van der Waals surface area contributed by atoms with Crippen molar-refractivity contribution in [1.82, 2.24) is 10.1 Å². The molecule has 0 spiro atoms. The molecule has 1 aliphatic rings. The smallest absolute Gasteiger partial charge is 0.240 e. The molecule has 1 unspecified atom stereocenters. The number of ether oxygens (including phenoxy) is 1. The molecule has 1 aromatic carbocycles. The first-order chi connectivity index (χ1) is 10.5. The van der Waals surface area contributed by atoms with Crippen LogP contribution in [0.15, 0.2) is 22.7 Å². The zero-order chi connectivity index (χ0) is 15.7. The van der Waals surface area contributed by atoms with Crippen LogP contribution in [0.1, 0.15) is 39.0 Å². The molecular weight excluding hydrogens is 282 g/mol. The van der Waals surface area contributed by atoms with Crippen LogP contribution in [-0.4, -0.2) is 21.4 Å². The van der Waals surface area contributed by atoms with E-state index in [1.165, 1.54) is 0 Å². The normalized spacial score (nSPS) is 20.2. The molecule has 0 aliphatic heterocycles. The van der Waals surface area contributed by atoms with E-state index in [4.69, 9.17) is 15.0 Å². The van der Waals surface area contributed by atoms with Gasteiger partial charge in [0.25, 0.3) is 0 Å². The predicted molar refractivity (Wildman–Crippen MR) is 81.3 cm³/mol. The summed E-state index contributed by atoms with van der Waals surface area (Å²) in [5.41, 5.74) is 6.49. The molecule has 1 saturated carbocycles. The van der Waals surface area contributed by atoms with Crippen LogP contribution < -0.4 is 10.5 Å². The van der Waals surface area contributed by atoms with Crippen LogP contribution in [-0.2, 0) is 6.54 Å². The standard InChI is InChI=1S/C16H21N3O3/c1-16(2)6-5-11(8-16)21-13-7-10(3-4-12(13)20)15-18-14(9-17)22-19-15/h3-4,7,11,20H,5-6,8-9,17H2,1-2H3. The second-order valence-electron chi connectivity index (χ2n) is 6.55. The molecular formula is C16H21N3O3. The first-order valence-electron chi connectivity index (χ1n) is 7.49. The molecule has 1 aromatic heterocycles. The molecule has 3 N–H and O–H groups in total. The highest BCUT2D eigenvalue weighted by molar-refractivity contribution is 5.60. The number of aromatic nitrogens is 2. The van der Waals surface area contributed by atoms with Crippen LogP contribution >= 0.6 is 0 Å². The van der Waals surface area contributed by atoms with Crippen LogP contribution in [0.3, 0.4) is 0 Å². The Kier molecular flexibility index (Phi) is 3.78. The second kappa shape index (κ2) is 5.61. The average Bonchev–Trinajstić information content (AvgIpc) is 3.08. The molecule has 0 saturated heterocycles. The van der Waals surface area contributed by atoms with E-state index in [0.29, 0.717) is 22.9 Å². The molecule has 2 aromatic rings. The maximum Gasteiger partial charge on any atom is 0.240 e. The van der Waals surface area contributed by atoms with Gasteiger partial charge in [-0.2, -0.15) is 4.98 Å². The Hall–Kier alpha value is -2.08. The Bertz CT molecular complexity index is 666. The Morgan fingerprint density at radius 2 is 2.27 bits per heavy atom. The molecule has 6 nitrogen and oxygen atoms in total. The number of rotatable bonds is 4. The van der Waals surface area contributed by atoms with Crippen LogP contribution in [0.5, 0.6) is 11.5 Å². The largest absolute Gasteiger partial charge is 0.504 e. The molecule has 1 heterocycles. The minimum atomic E-state index is 0.121. The van der Waals surface area contributed by atoms with Gasteiger partial charge in [-0.1, -0.05) is 19.0 Å². The van der Waals surface area contributed by atoms with Crippen LogP contribution in [0, 0.1) is 5.41 Å². The maximum atomic E-state index is 10.0. The minimum Gasteiger partial charge on any atom is -0.504 e. The van der Waals surface area contributed by atoms with Gasteiger partial charge in [0.1, 0.15) is 0 Å². The number of benzene rings is 1. The van der Waals surface area contributed by atoms with Gasteiger partial charge < -0.3 is 20.1 Å². The van der Waals surface area contributed by atoms with Crippen LogP contribution in [0.2, 0.25) is 0 Å². The van der Waals surface area contributed by atoms with Crippen molar-refractivity contribution in [2.75, 3.05) is 0 Å². The SMILES string of the molecule is CC1(C)CCC(Oc2cc(-c3noc(CN)n3)ccc2O)C1. The van der Waals surface area contributed by atoms with E-state index in [-0.39, 0.29) is 18.4 Å². The molecule has 0 radical (unpaired) electrons. The number of hydrogen-bond acceptors (Lipinski definition) is 6. The fraction of sp³-hybridized carbons (Fsp3) is 0.500. The summed E-state index contributed by atoms with van der Waals surface area (Å²) in [5, 5.41) is 13.9. The molecule has 0 amide bonds. The summed E-state index contributed by atoms with van der Waals surface area (Å²) >= 11 is 0.